The van der Waals surface area contributed by atoms with Gasteiger partial charge in [0.25, 0.3) is 5.91 Å². The standard InChI is InChI=1S/C12H17N3O2S/c16-11(10-8-18-14-13-10)15-6-5-12(17)4-2-1-3-9(12)7-15/h8-9,17H,1-7H2. The van der Waals surface area contributed by atoms with Crippen LogP contribution in [0, 0.1) is 5.92 Å². The second-order valence-corrected chi connectivity index (χ2v) is 5.95. The number of carbonyl (C=O) groups is 1. The van der Waals surface area contributed by atoms with Crippen molar-refractivity contribution >= 4 is 17.4 Å². The molecule has 0 aromatic carbocycles. The van der Waals surface area contributed by atoms with Crippen molar-refractivity contribution in [3.63, 3.8) is 0 Å². The Morgan fingerprint density at radius 1 is 1.50 bits per heavy atom. The summed E-state index contributed by atoms with van der Waals surface area (Å²) in [4.78, 5) is 14.0. The van der Waals surface area contributed by atoms with Gasteiger partial charge in [-0.25, -0.2) is 0 Å². The van der Waals surface area contributed by atoms with E-state index >= 15 is 0 Å². The molecule has 6 heteroatoms. The van der Waals surface area contributed by atoms with Crippen LogP contribution in [0.25, 0.3) is 0 Å². The van der Waals surface area contributed by atoms with Gasteiger partial charge in [0.2, 0.25) is 0 Å². The van der Waals surface area contributed by atoms with Gasteiger partial charge in [-0.1, -0.05) is 17.3 Å². The monoisotopic (exact) mass is 267 g/mol. The van der Waals surface area contributed by atoms with Crippen molar-refractivity contribution < 1.29 is 9.90 Å². The van der Waals surface area contributed by atoms with Crippen molar-refractivity contribution in [2.45, 2.75) is 37.7 Å². The summed E-state index contributed by atoms with van der Waals surface area (Å²) in [6.45, 7) is 1.29. The lowest BCUT2D eigenvalue weighted by Gasteiger charge is -2.47. The Labute approximate surface area is 110 Å². The van der Waals surface area contributed by atoms with E-state index in [-0.39, 0.29) is 11.8 Å². The normalized spacial score (nSPS) is 32.1. The molecule has 3 rings (SSSR count). The van der Waals surface area contributed by atoms with Crippen LogP contribution in [0.5, 0.6) is 0 Å². The van der Waals surface area contributed by atoms with Crippen molar-refractivity contribution in [1.29, 1.82) is 0 Å². The summed E-state index contributed by atoms with van der Waals surface area (Å²) in [5, 5.41) is 16.1. The molecule has 18 heavy (non-hydrogen) atoms. The molecule has 2 atom stereocenters. The second kappa shape index (κ2) is 4.59. The first-order valence-electron chi connectivity index (χ1n) is 6.48. The number of likely N-dealkylation sites (tertiary alicyclic amines) is 1. The van der Waals surface area contributed by atoms with E-state index in [1.165, 1.54) is 11.5 Å². The van der Waals surface area contributed by atoms with Crippen LogP contribution >= 0.6 is 11.5 Å². The Kier molecular flexibility index (Phi) is 3.07. The minimum Gasteiger partial charge on any atom is -0.389 e. The molecule has 1 aliphatic heterocycles. The minimum absolute atomic E-state index is 0.0450. The molecule has 1 saturated heterocycles. The molecule has 1 N–H and O–H groups in total. The number of carbonyl (C=O) groups excluding carboxylic acids is 1. The third kappa shape index (κ3) is 2.03. The fraction of sp³-hybridized carbons (Fsp3) is 0.750. The molecule has 2 unspecified atom stereocenters. The van der Waals surface area contributed by atoms with E-state index in [0.29, 0.717) is 25.2 Å². The van der Waals surface area contributed by atoms with Gasteiger partial charge in [-0.15, -0.1) is 5.10 Å². The van der Waals surface area contributed by atoms with E-state index in [0.717, 1.165) is 25.7 Å². The Balaban J connectivity index is 1.72. The van der Waals surface area contributed by atoms with E-state index in [1.54, 1.807) is 5.38 Å². The zero-order valence-corrected chi connectivity index (χ0v) is 11.0. The average Bonchev–Trinajstić information content (AvgIpc) is 2.90. The zero-order valence-electron chi connectivity index (χ0n) is 10.2. The Morgan fingerprint density at radius 2 is 2.39 bits per heavy atom. The molecule has 0 spiro atoms. The minimum atomic E-state index is -0.532. The number of nitrogens with zero attached hydrogens (tertiary/aromatic N) is 3. The maximum Gasteiger partial charge on any atom is 0.275 e. The largest absolute Gasteiger partial charge is 0.389 e. The molecule has 2 fully saturated rings. The number of hydrogen-bond donors (Lipinski definition) is 1. The van der Waals surface area contributed by atoms with Crippen molar-refractivity contribution in [2.24, 2.45) is 5.92 Å². The number of aromatic nitrogens is 2. The predicted octanol–water partition coefficient (Wildman–Crippen LogP) is 1.31. The van der Waals surface area contributed by atoms with Crippen LogP contribution in [0.1, 0.15) is 42.6 Å². The lowest BCUT2D eigenvalue weighted by molar-refractivity contribution is -0.0886. The maximum atomic E-state index is 12.2. The SMILES string of the molecule is O=C(c1csnn1)N1CCC2(O)CCCCC2C1. The number of amides is 1. The van der Waals surface area contributed by atoms with Crippen molar-refractivity contribution in [3.8, 4) is 0 Å². The number of rotatable bonds is 1. The van der Waals surface area contributed by atoms with Gasteiger partial charge in [0, 0.05) is 24.4 Å². The van der Waals surface area contributed by atoms with Crippen molar-refractivity contribution in [3.05, 3.63) is 11.1 Å². The molecule has 2 aliphatic rings. The van der Waals surface area contributed by atoms with Crippen LogP contribution in [0.15, 0.2) is 5.38 Å². The van der Waals surface area contributed by atoms with Gasteiger partial charge >= 0.3 is 0 Å². The third-order valence-corrected chi connectivity index (χ3v) is 4.80. The van der Waals surface area contributed by atoms with Crippen LogP contribution in [0.3, 0.4) is 0 Å². The molecular formula is C12H17N3O2S. The van der Waals surface area contributed by atoms with Gasteiger partial charge in [0.1, 0.15) is 0 Å². The van der Waals surface area contributed by atoms with Crippen LogP contribution in [0.2, 0.25) is 0 Å². The number of piperidine rings is 1. The Bertz CT molecular complexity index is 437. The highest BCUT2D eigenvalue weighted by Crippen LogP contribution is 2.39. The first kappa shape index (κ1) is 12.0. The van der Waals surface area contributed by atoms with Gasteiger partial charge in [-0.3, -0.25) is 4.79 Å². The van der Waals surface area contributed by atoms with E-state index in [4.69, 9.17) is 0 Å². The quantitative estimate of drug-likeness (QED) is 0.833. The summed E-state index contributed by atoms with van der Waals surface area (Å²) < 4.78 is 3.73. The molecule has 1 aromatic rings. The third-order valence-electron chi connectivity index (χ3n) is 4.29. The van der Waals surface area contributed by atoms with Crippen LogP contribution < -0.4 is 0 Å². The maximum absolute atomic E-state index is 12.2. The lowest BCUT2D eigenvalue weighted by Crippen LogP contribution is -2.54. The topological polar surface area (TPSA) is 66.3 Å². The smallest absolute Gasteiger partial charge is 0.275 e. The number of hydrogen-bond acceptors (Lipinski definition) is 5. The summed E-state index contributed by atoms with van der Waals surface area (Å²) in [6.07, 6.45) is 4.87. The first-order chi connectivity index (χ1) is 8.69. The van der Waals surface area contributed by atoms with Crippen LogP contribution in [0.4, 0.5) is 0 Å². The van der Waals surface area contributed by atoms with Gasteiger partial charge in [0.05, 0.1) is 5.60 Å². The van der Waals surface area contributed by atoms with Gasteiger partial charge in [-0.2, -0.15) is 0 Å². The Morgan fingerprint density at radius 3 is 3.17 bits per heavy atom. The fourth-order valence-electron chi connectivity index (χ4n) is 3.18. The van der Waals surface area contributed by atoms with Gasteiger partial charge in [-0.05, 0) is 30.8 Å². The molecule has 2 heterocycles. The molecule has 1 saturated carbocycles. The highest BCUT2D eigenvalue weighted by molar-refractivity contribution is 7.03. The van der Waals surface area contributed by atoms with Crippen molar-refractivity contribution in [1.82, 2.24) is 14.5 Å². The highest BCUT2D eigenvalue weighted by atomic mass is 32.1. The molecule has 0 bridgehead atoms. The van der Waals surface area contributed by atoms with Crippen LogP contribution in [-0.2, 0) is 0 Å². The number of aliphatic hydroxyl groups is 1. The van der Waals surface area contributed by atoms with Gasteiger partial charge in [0.15, 0.2) is 5.69 Å². The predicted molar refractivity (Wildman–Crippen MR) is 67.3 cm³/mol. The summed E-state index contributed by atoms with van der Waals surface area (Å²) in [5.74, 6) is 0.187. The summed E-state index contributed by atoms with van der Waals surface area (Å²) in [7, 11) is 0. The molecule has 5 nitrogen and oxygen atoms in total. The summed E-state index contributed by atoms with van der Waals surface area (Å²) >= 11 is 1.20. The molecule has 0 radical (unpaired) electrons. The summed E-state index contributed by atoms with van der Waals surface area (Å²) in [5.41, 5.74) is -0.101. The Hall–Kier alpha value is -1.01. The van der Waals surface area contributed by atoms with E-state index in [9.17, 15) is 9.90 Å². The van der Waals surface area contributed by atoms with Crippen LogP contribution in [-0.4, -0.2) is 44.2 Å². The van der Waals surface area contributed by atoms with Crippen molar-refractivity contribution in [2.75, 3.05) is 13.1 Å². The average molecular weight is 267 g/mol. The molecule has 1 aromatic heterocycles. The van der Waals surface area contributed by atoms with E-state index < -0.39 is 5.60 Å². The second-order valence-electron chi connectivity index (χ2n) is 5.34. The molecule has 98 valence electrons. The lowest BCUT2D eigenvalue weighted by atomic mass is 9.71. The van der Waals surface area contributed by atoms with Gasteiger partial charge < -0.3 is 10.0 Å². The highest BCUT2D eigenvalue weighted by Gasteiger charge is 2.43. The molecule has 1 amide bonds. The molecule has 1 aliphatic carbocycles. The zero-order chi connectivity index (χ0) is 12.6. The molecular weight excluding hydrogens is 250 g/mol. The van der Waals surface area contributed by atoms with E-state index in [2.05, 4.69) is 9.59 Å². The summed E-state index contributed by atoms with van der Waals surface area (Å²) in [6, 6.07) is 0. The fourth-order valence-corrected chi connectivity index (χ4v) is 3.61. The first-order valence-corrected chi connectivity index (χ1v) is 7.31. The van der Waals surface area contributed by atoms with E-state index in [1.807, 2.05) is 4.90 Å². The number of fused-ring (bicyclic) bond motifs is 1.